The van der Waals surface area contributed by atoms with E-state index in [4.69, 9.17) is 15.0 Å². The van der Waals surface area contributed by atoms with Crippen LogP contribution in [0.5, 0.6) is 0 Å². The van der Waals surface area contributed by atoms with E-state index in [1.165, 1.54) is 61.3 Å². The molecule has 0 saturated carbocycles. The molecular weight excluding hydrogens is 767 g/mol. The number of anilines is 3. The highest BCUT2D eigenvalue weighted by molar-refractivity contribution is 6.18. The van der Waals surface area contributed by atoms with Crippen LogP contribution in [-0.2, 0) is 5.41 Å². The third-order valence-electron chi connectivity index (χ3n) is 13.0. The number of fused-ring (bicyclic) bond motifs is 13. The van der Waals surface area contributed by atoms with Crippen molar-refractivity contribution in [1.29, 1.82) is 0 Å². The molecule has 0 bridgehead atoms. The fourth-order valence-electron chi connectivity index (χ4n) is 10.5. The maximum Gasteiger partial charge on any atom is 0.238 e. The first-order valence-electron chi connectivity index (χ1n) is 21.5. The quantitative estimate of drug-likeness (QED) is 0.174. The molecule has 5 nitrogen and oxygen atoms in total. The molecule has 0 amide bonds. The van der Waals surface area contributed by atoms with Crippen molar-refractivity contribution in [2.24, 2.45) is 0 Å². The summed E-state index contributed by atoms with van der Waals surface area (Å²) in [5.74, 6) is 1.84. The largest absolute Gasteiger partial charge is 0.310 e. The summed E-state index contributed by atoms with van der Waals surface area (Å²) in [6, 6.07) is 80.5. The summed E-state index contributed by atoms with van der Waals surface area (Å²) in [5, 5.41) is 2.33. The van der Waals surface area contributed by atoms with Crippen molar-refractivity contribution >= 4 is 38.9 Å². The van der Waals surface area contributed by atoms with E-state index in [0.29, 0.717) is 17.6 Å². The van der Waals surface area contributed by atoms with Crippen molar-refractivity contribution in [3.63, 3.8) is 0 Å². The second-order valence-electron chi connectivity index (χ2n) is 16.3. The van der Waals surface area contributed by atoms with E-state index in [1.807, 2.05) is 36.4 Å². The Hall–Kier alpha value is -8.41. The van der Waals surface area contributed by atoms with Crippen LogP contribution >= 0.6 is 0 Å². The highest BCUT2D eigenvalue weighted by atomic mass is 15.2. The number of hydrogen-bond donors (Lipinski definition) is 0. The molecule has 63 heavy (non-hydrogen) atoms. The van der Waals surface area contributed by atoms with Crippen LogP contribution in [0.15, 0.2) is 224 Å². The molecule has 9 aromatic carbocycles. The first kappa shape index (κ1) is 35.4. The standard InChI is InChI=1S/C58H37N5/c1-4-19-38(20-5-1)41-25-18-26-42(37-41)62-50-33-16-13-30-46(50)58(47-31-14-17-34-51(47)62)45-29-12-10-27-43(45)53-48(58)35-36-52-54(53)44-28-11-15-32-49(44)63(52)57-60-55(39-21-6-2-7-22-39)59-56(61-57)40-23-8-3-9-24-40/h1-37H. The Morgan fingerprint density at radius 2 is 0.905 bits per heavy atom. The van der Waals surface area contributed by atoms with Crippen molar-refractivity contribution in [3.8, 4) is 51.0 Å². The zero-order chi connectivity index (χ0) is 41.5. The number of benzene rings is 9. The second-order valence-corrected chi connectivity index (χ2v) is 16.3. The second kappa shape index (κ2) is 13.8. The van der Waals surface area contributed by atoms with Gasteiger partial charge in [-0.05, 0) is 80.9 Å². The Bertz CT molecular complexity index is 3470. The van der Waals surface area contributed by atoms with Crippen LogP contribution < -0.4 is 4.90 Å². The molecule has 294 valence electrons. The maximum absolute atomic E-state index is 5.25. The van der Waals surface area contributed by atoms with Gasteiger partial charge in [0.1, 0.15) is 0 Å². The van der Waals surface area contributed by atoms with Crippen molar-refractivity contribution in [2.75, 3.05) is 4.90 Å². The number of para-hydroxylation sites is 3. The zero-order valence-corrected chi connectivity index (χ0v) is 34.1. The first-order valence-corrected chi connectivity index (χ1v) is 21.5. The Morgan fingerprint density at radius 3 is 1.57 bits per heavy atom. The van der Waals surface area contributed by atoms with Crippen molar-refractivity contribution in [3.05, 3.63) is 247 Å². The lowest BCUT2D eigenvalue weighted by molar-refractivity contribution is 0.753. The molecule has 11 aromatic rings. The van der Waals surface area contributed by atoms with Gasteiger partial charge in [0.2, 0.25) is 5.95 Å². The molecule has 3 heterocycles. The van der Waals surface area contributed by atoms with Crippen LogP contribution in [0.3, 0.4) is 0 Å². The summed E-state index contributed by atoms with van der Waals surface area (Å²) in [6.45, 7) is 0. The fraction of sp³-hybridized carbons (Fsp3) is 0.0172. The molecule has 0 N–H and O–H groups in total. The van der Waals surface area contributed by atoms with Crippen LogP contribution in [0.25, 0.3) is 72.8 Å². The minimum atomic E-state index is -0.599. The lowest BCUT2D eigenvalue weighted by atomic mass is 9.64. The highest BCUT2D eigenvalue weighted by Gasteiger charge is 2.52. The van der Waals surface area contributed by atoms with E-state index in [-0.39, 0.29) is 0 Å². The number of rotatable bonds is 5. The molecule has 1 aliphatic carbocycles. The predicted molar refractivity (Wildman–Crippen MR) is 256 cm³/mol. The summed E-state index contributed by atoms with van der Waals surface area (Å²) in [5.41, 5.74) is 16.7. The van der Waals surface area contributed by atoms with Crippen LogP contribution in [0.2, 0.25) is 0 Å². The van der Waals surface area contributed by atoms with E-state index in [0.717, 1.165) is 33.2 Å². The van der Waals surface area contributed by atoms with E-state index >= 15 is 0 Å². The van der Waals surface area contributed by atoms with Crippen molar-refractivity contribution < 1.29 is 0 Å². The number of hydrogen-bond acceptors (Lipinski definition) is 4. The molecule has 0 atom stereocenters. The van der Waals surface area contributed by atoms with Crippen LogP contribution in [0.1, 0.15) is 22.3 Å². The van der Waals surface area contributed by atoms with Crippen LogP contribution in [-0.4, -0.2) is 19.5 Å². The SMILES string of the molecule is c1ccc(-c2cccc(N3c4ccccc4C4(c5ccccc5-c5c4ccc4c5c5ccccc5n4-c4nc(-c5ccccc5)nc(-c5ccccc5)n4)c4ccccc43)c2)cc1. The van der Waals surface area contributed by atoms with Gasteiger partial charge in [-0.1, -0.05) is 188 Å². The van der Waals surface area contributed by atoms with Gasteiger partial charge in [-0.3, -0.25) is 4.57 Å². The number of aromatic nitrogens is 4. The Kier molecular flexibility index (Phi) is 7.75. The van der Waals surface area contributed by atoms with Gasteiger partial charge in [0.05, 0.1) is 27.8 Å². The zero-order valence-electron chi connectivity index (χ0n) is 34.1. The molecule has 0 unspecified atom stereocenters. The Labute approximate surface area is 364 Å². The van der Waals surface area contributed by atoms with Gasteiger partial charge in [0.25, 0.3) is 0 Å². The van der Waals surface area contributed by atoms with Gasteiger partial charge in [-0.15, -0.1) is 0 Å². The first-order chi connectivity index (χ1) is 31.3. The average Bonchev–Trinajstić information content (AvgIpc) is 3.86. The molecule has 1 spiro atoms. The summed E-state index contributed by atoms with van der Waals surface area (Å²) in [6.07, 6.45) is 0. The molecule has 0 saturated heterocycles. The predicted octanol–water partition coefficient (Wildman–Crippen LogP) is 14.1. The smallest absolute Gasteiger partial charge is 0.238 e. The average molecular weight is 804 g/mol. The summed E-state index contributed by atoms with van der Waals surface area (Å²) >= 11 is 0. The number of nitrogens with zero attached hydrogens (tertiary/aromatic N) is 5. The minimum absolute atomic E-state index is 0.580. The van der Waals surface area contributed by atoms with E-state index in [9.17, 15) is 0 Å². The monoisotopic (exact) mass is 803 g/mol. The molecule has 1 aliphatic heterocycles. The Morgan fingerprint density at radius 1 is 0.365 bits per heavy atom. The topological polar surface area (TPSA) is 46.8 Å². The fourth-order valence-corrected chi connectivity index (χ4v) is 10.5. The third-order valence-corrected chi connectivity index (χ3v) is 13.0. The van der Waals surface area contributed by atoms with Gasteiger partial charge >= 0.3 is 0 Å². The summed E-state index contributed by atoms with van der Waals surface area (Å²) in [4.78, 5) is 18.0. The molecule has 2 aliphatic rings. The lowest BCUT2D eigenvalue weighted by Crippen LogP contribution is -2.36. The molecular formula is C58H37N5. The van der Waals surface area contributed by atoms with Gasteiger partial charge < -0.3 is 4.90 Å². The van der Waals surface area contributed by atoms with Gasteiger partial charge in [-0.25, -0.2) is 4.98 Å². The van der Waals surface area contributed by atoms with Gasteiger partial charge in [0, 0.05) is 27.6 Å². The van der Waals surface area contributed by atoms with E-state index in [1.54, 1.807) is 0 Å². The van der Waals surface area contributed by atoms with Crippen molar-refractivity contribution in [1.82, 2.24) is 19.5 Å². The molecule has 0 radical (unpaired) electrons. The molecule has 13 rings (SSSR count). The molecule has 5 heteroatoms. The van der Waals surface area contributed by atoms with E-state index < -0.39 is 5.41 Å². The molecule has 2 aromatic heterocycles. The van der Waals surface area contributed by atoms with Crippen molar-refractivity contribution in [2.45, 2.75) is 5.41 Å². The van der Waals surface area contributed by atoms with Gasteiger partial charge in [-0.2, -0.15) is 9.97 Å². The summed E-state index contributed by atoms with van der Waals surface area (Å²) < 4.78 is 2.24. The maximum atomic E-state index is 5.25. The normalized spacial score (nSPS) is 13.2. The van der Waals surface area contributed by atoms with Crippen LogP contribution in [0.4, 0.5) is 17.1 Å². The lowest BCUT2D eigenvalue weighted by Gasteiger charge is -2.45. The Balaban J connectivity index is 1.09. The van der Waals surface area contributed by atoms with Crippen LogP contribution in [0, 0.1) is 0 Å². The highest BCUT2D eigenvalue weighted by Crippen LogP contribution is 2.64. The molecule has 0 fully saturated rings. The third kappa shape index (κ3) is 5.14. The minimum Gasteiger partial charge on any atom is -0.310 e. The van der Waals surface area contributed by atoms with Gasteiger partial charge in [0.15, 0.2) is 11.6 Å². The van der Waals surface area contributed by atoms with E-state index in [2.05, 4.69) is 198 Å². The summed E-state index contributed by atoms with van der Waals surface area (Å²) in [7, 11) is 0.